The van der Waals surface area contributed by atoms with Crippen molar-refractivity contribution in [3.63, 3.8) is 0 Å². The minimum atomic E-state index is -4.63. The van der Waals surface area contributed by atoms with Crippen LogP contribution in [0.3, 0.4) is 0 Å². The molecule has 83 heavy (non-hydrogen) atoms. The maximum atomic E-state index is 13.5. The molecule has 0 amide bonds. The Morgan fingerprint density at radius 2 is 1.07 bits per heavy atom. The molecule has 0 saturated heterocycles. The summed E-state index contributed by atoms with van der Waals surface area (Å²) >= 11 is 8.95. The Morgan fingerprint density at radius 1 is 0.651 bits per heavy atom. The molecule has 5 heterocycles. The number of rotatable bonds is 21. The molecule has 5 aromatic heterocycles. The Bertz CT molecular complexity index is 4250. The maximum Gasteiger partial charge on any atom is 1.00 e. The second kappa shape index (κ2) is 32.6. The molecule has 0 bridgehead atoms. The maximum absolute atomic E-state index is 13.5. The van der Waals surface area contributed by atoms with Gasteiger partial charge in [0, 0.05) is 54.4 Å². The van der Waals surface area contributed by atoms with E-state index in [-0.39, 0.29) is 100 Å². The molecule has 0 aliphatic rings. The Hall–Kier alpha value is -6.41. The van der Waals surface area contributed by atoms with Crippen LogP contribution in [0.4, 0.5) is 36.3 Å². The molecule has 36 nitrogen and oxygen atoms in total. The van der Waals surface area contributed by atoms with Gasteiger partial charge >= 0.3 is 41.1 Å². The molecular weight excluding hydrogens is 1400 g/mol. The molecular formula is C37H41Br3F3N20NaO16S3. The average molecular weight is 1450 g/mol. The number of halogens is 6. The molecule has 14 N–H and O–H groups in total. The molecule has 46 heteroatoms. The minimum Gasteiger partial charge on any atom is -0.870 e. The van der Waals surface area contributed by atoms with E-state index in [1.165, 1.54) is 53.0 Å². The van der Waals surface area contributed by atoms with Crippen LogP contribution in [0.15, 0.2) is 106 Å². The SMILES string of the molecule is [2H]C([2H])(CNc1nonc1C(=Nc1ccc(F)c(Br)c1)NO)NS(N)(=O)=O.[2H]C([2H])(Nc1nonc1-c1noc(=O)n1-c1ccc(F)c(Br)c1)C([2H])([2H])NS(C)(=O)=O.[2H]C([2H])(Nc1nonc1-c1noc(=O)n1-c1ccc(F)c(Br)c1)C([2H])([2H])NS(N)(=O)=O.[2H]OC.[Na+].[OH-]. The van der Waals surface area contributed by atoms with Crippen LogP contribution in [-0.2, 0) is 30.4 Å². The van der Waals surface area contributed by atoms with Crippen LogP contribution in [-0.4, -0.2) is 151 Å². The van der Waals surface area contributed by atoms with Crippen LogP contribution < -0.4 is 86.9 Å². The van der Waals surface area contributed by atoms with Crippen LogP contribution in [0.1, 0.15) is 19.4 Å². The number of nitrogens with two attached hydrogens (primary N) is 2. The van der Waals surface area contributed by atoms with Gasteiger partial charge in [-0.25, -0.2) is 83.6 Å². The van der Waals surface area contributed by atoms with Crippen molar-refractivity contribution in [2.75, 3.05) is 68.3 Å². The summed E-state index contributed by atoms with van der Waals surface area (Å²) in [4.78, 5) is 28.3. The van der Waals surface area contributed by atoms with E-state index in [1.807, 2.05) is 10.6 Å². The van der Waals surface area contributed by atoms with Crippen molar-refractivity contribution in [1.29, 1.82) is 1.43 Å². The predicted octanol–water partition coefficient (Wildman–Crippen LogP) is -2.61. The molecule has 0 aliphatic heterocycles. The zero-order chi connectivity index (χ0) is 69.3. The van der Waals surface area contributed by atoms with Gasteiger partial charge in [-0.3, -0.25) is 19.7 Å². The van der Waals surface area contributed by atoms with E-state index >= 15 is 0 Å². The fraction of sp³-hybridized carbons (Fsp3) is 0.216. The fourth-order valence-electron chi connectivity index (χ4n) is 5.27. The van der Waals surface area contributed by atoms with E-state index in [9.17, 15) is 53.2 Å². The summed E-state index contributed by atoms with van der Waals surface area (Å²) in [5.41, 5.74) is 1.27. The number of aliphatic hydroxyl groups is 1. The number of anilines is 3. The molecule has 3 aromatic carbocycles. The van der Waals surface area contributed by atoms with E-state index in [0.29, 0.717) is 6.26 Å². The van der Waals surface area contributed by atoms with Crippen LogP contribution >= 0.6 is 47.8 Å². The predicted molar refractivity (Wildman–Crippen MR) is 286 cm³/mol. The zero-order valence-electron chi connectivity index (χ0n) is 52.1. The molecule has 8 aromatic rings. The van der Waals surface area contributed by atoms with Crippen LogP contribution in [0.2, 0.25) is 0 Å². The molecule has 0 fully saturated rings. The van der Waals surface area contributed by atoms with Crippen molar-refractivity contribution in [1.82, 2.24) is 70.0 Å². The summed E-state index contributed by atoms with van der Waals surface area (Å²) in [7, 11) is -11.7. The first-order valence-corrected chi connectivity index (χ1v) is 27.6. The Balaban J connectivity index is 0.000000357. The number of sulfonamides is 1. The number of hydrogen-bond donors (Lipinski definition) is 11. The van der Waals surface area contributed by atoms with Gasteiger partial charge in [-0.15, -0.1) is 0 Å². The van der Waals surface area contributed by atoms with Gasteiger partial charge in [-0.2, -0.15) is 16.8 Å². The molecule has 0 radical (unpaired) electrons. The molecule has 0 spiro atoms. The van der Waals surface area contributed by atoms with Gasteiger partial charge in [0.15, 0.2) is 22.9 Å². The van der Waals surface area contributed by atoms with Gasteiger partial charge < -0.3 is 26.5 Å². The number of aromatic nitrogens is 10. The summed E-state index contributed by atoms with van der Waals surface area (Å²) < 4.78 is 219. The van der Waals surface area contributed by atoms with Crippen molar-refractivity contribution in [2.24, 2.45) is 15.3 Å². The molecule has 0 atom stereocenters. The summed E-state index contributed by atoms with van der Waals surface area (Å²) in [5.74, 6) is -5.93. The van der Waals surface area contributed by atoms with Crippen molar-refractivity contribution in [3.8, 4) is 34.4 Å². The van der Waals surface area contributed by atoms with Crippen molar-refractivity contribution < 1.29 is 120 Å². The number of nitrogens with one attached hydrogen (secondary N) is 7. The number of amidine groups is 1. The quantitative estimate of drug-likeness (QED) is 0.0152. The van der Waals surface area contributed by atoms with Crippen molar-refractivity contribution in [3.05, 3.63) is 112 Å². The number of hydroxylamine groups is 1. The number of benzene rings is 3. The van der Waals surface area contributed by atoms with E-state index in [4.69, 9.17) is 25.4 Å². The summed E-state index contributed by atoms with van der Waals surface area (Å²) in [6, 6.07) is 10.8. The standard InChI is InChI=1S/C13H12BrFN6O5S.C12H11BrFN7O5S.C11H13BrFN7O4S.CH4O.Na.H2O/c1-27(23,24)17-5-4-16-11-10(18-26-19-11)12-20-25-13(22)21(12)7-2-3-9(15)8(14)6-7;13-7-5-6(1-2-8(7)14)21-11(20-25-12(21)22)9-10(19-26-18-9)16-3-4-17-27(15,23)24;12-7-5-6(1-2-8(7)13)17-11(18-21)9-10(20-24-19-9)15-3-4-16-25(14,22)23;1-2;;/h2-3,6,17H,4-5H2,1H3,(H,16,19);1-2,5,17H,3-4H2,(H,16,19)(H2,15,23,24);1-2,5,16,21H,3-4H2,(H,15,20)(H,17,18)(H2,14,22,23);2H,1H3;;1H2/q;;;;+1;/p-1/i4D2,5D2;3D2,4D2;4D2;2D;;. The van der Waals surface area contributed by atoms with E-state index < -0.39 is 116 Å². The first kappa shape index (κ1) is 54.5. The Kier molecular flexibility index (Phi) is 21.4. The zero-order valence-corrected chi connectivity index (χ0v) is 50.3. The number of hydrogen-bond acceptors (Lipinski definition) is 28. The first-order valence-electron chi connectivity index (χ1n) is 25.7. The van der Waals surface area contributed by atoms with Gasteiger partial charge in [0.25, 0.3) is 20.4 Å². The molecule has 8 rings (SSSR count). The van der Waals surface area contributed by atoms with E-state index in [2.05, 4.69) is 127 Å². The molecule has 0 aliphatic carbocycles. The molecule has 0 unspecified atom stereocenters. The van der Waals surface area contributed by atoms with Gasteiger partial charge in [-0.1, -0.05) is 10.3 Å². The smallest absolute Gasteiger partial charge is 0.870 e. The molecule has 446 valence electrons. The monoisotopic (exact) mass is 1450 g/mol. The van der Waals surface area contributed by atoms with Gasteiger partial charge in [0.2, 0.25) is 40.6 Å². The fourth-order valence-corrected chi connectivity index (χ4v) is 7.08. The van der Waals surface area contributed by atoms with Crippen LogP contribution in [0.5, 0.6) is 0 Å². The normalized spacial score (nSPS) is 14.2. The number of aliphatic imine (C=N–C) groups is 1. The number of nitrogens with zero attached hydrogens (tertiary/aromatic N) is 11. The average Bonchev–Trinajstić information content (AvgIpc) is 1.59. The van der Waals surface area contributed by atoms with Gasteiger partial charge in [-0.05, 0) is 133 Å². The Morgan fingerprint density at radius 3 is 1.51 bits per heavy atom. The topological polar surface area (TPSA) is 534 Å². The van der Waals surface area contributed by atoms with Crippen LogP contribution in [0, 0.1) is 17.5 Å². The van der Waals surface area contributed by atoms with Gasteiger partial charge in [0.1, 0.15) is 17.5 Å². The third-order valence-corrected chi connectivity index (χ3v) is 11.5. The second-order valence-electron chi connectivity index (χ2n) is 13.9. The summed E-state index contributed by atoms with van der Waals surface area (Å²) in [5, 5.41) is 56.6. The minimum absolute atomic E-state index is 0. The summed E-state index contributed by atoms with van der Waals surface area (Å²) in [6.07, 6.45) is 0.652. The van der Waals surface area contributed by atoms with Crippen molar-refractivity contribution in [2.45, 2.75) is 0 Å². The van der Waals surface area contributed by atoms with Crippen LogP contribution in [0.25, 0.3) is 34.4 Å². The van der Waals surface area contributed by atoms with Crippen molar-refractivity contribution >= 4 is 107 Å². The molecule has 0 saturated carbocycles. The second-order valence-corrected chi connectivity index (χ2v) is 20.8. The van der Waals surface area contributed by atoms with E-state index in [0.717, 1.165) is 27.3 Å². The largest absolute Gasteiger partial charge is 1.00 e. The third kappa shape index (κ3) is 21.3. The number of aliphatic hydroxyl groups excluding tert-OH is 1. The summed E-state index contributed by atoms with van der Waals surface area (Å²) in [6.45, 7) is -15.7. The van der Waals surface area contributed by atoms with E-state index in [1.54, 1.807) is 10.2 Å². The first-order chi connectivity index (χ1) is 42.4. The van der Waals surface area contributed by atoms with Gasteiger partial charge in [0.05, 0.1) is 42.2 Å². The Labute approximate surface area is 526 Å². The third-order valence-electron chi connectivity index (χ3n) is 8.37.